The van der Waals surface area contributed by atoms with Crippen LogP contribution in [0.1, 0.15) is 42.7 Å². The topological polar surface area (TPSA) is 34.1 Å². The van der Waals surface area contributed by atoms with Gasteiger partial charge in [0.15, 0.2) is 0 Å². The van der Waals surface area contributed by atoms with Crippen LogP contribution >= 0.6 is 0 Å². The second-order valence-corrected chi connectivity index (χ2v) is 6.34. The van der Waals surface area contributed by atoms with Crippen LogP contribution in [0.4, 0.5) is 0 Å². The predicted molar refractivity (Wildman–Crippen MR) is 91.3 cm³/mol. The molecule has 2 aromatic carbocycles. The normalized spacial score (nSPS) is 19.3. The third kappa shape index (κ3) is 3.76. The molecule has 0 heterocycles. The lowest BCUT2D eigenvalue weighted by Gasteiger charge is -2.28. The van der Waals surface area contributed by atoms with Gasteiger partial charge in [-0.2, -0.15) is 0 Å². The maximum atomic E-state index is 13.0. The summed E-state index contributed by atoms with van der Waals surface area (Å²) >= 11 is 0. The van der Waals surface area contributed by atoms with Crippen molar-refractivity contribution in [1.29, 1.82) is 0 Å². The number of carbonyl (C=O) groups is 2. The van der Waals surface area contributed by atoms with Crippen molar-refractivity contribution in [2.24, 2.45) is 5.92 Å². The summed E-state index contributed by atoms with van der Waals surface area (Å²) in [5, 5.41) is 0. The van der Waals surface area contributed by atoms with E-state index in [1.54, 1.807) is 0 Å². The van der Waals surface area contributed by atoms with Crippen molar-refractivity contribution >= 4 is 11.6 Å². The Morgan fingerprint density at radius 2 is 1.61 bits per heavy atom. The largest absolute Gasteiger partial charge is 0.299 e. The molecular formula is C21H22O2. The van der Waals surface area contributed by atoms with Gasteiger partial charge in [-0.15, -0.1) is 0 Å². The van der Waals surface area contributed by atoms with Crippen LogP contribution < -0.4 is 0 Å². The average molecular weight is 306 g/mol. The van der Waals surface area contributed by atoms with Gasteiger partial charge < -0.3 is 0 Å². The highest BCUT2D eigenvalue weighted by Crippen LogP contribution is 2.35. The third-order valence-electron chi connectivity index (χ3n) is 4.73. The van der Waals surface area contributed by atoms with E-state index in [2.05, 4.69) is 0 Å². The molecule has 0 aliphatic heterocycles. The smallest absolute Gasteiger partial charge is 0.145 e. The summed E-state index contributed by atoms with van der Waals surface area (Å²) in [6.07, 6.45) is 3.85. The van der Waals surface area contributed by atoms with Crippen LogP contribution in [0.15, 0.2) is 60.7 Å². The van der Waals surface area contributed by atoms with E-state index in [1.807, 2.05) is 60.7 Å². The molecule has 0 radical (unpaired) electrons. The van der Waals surface area contributed by atoms with E-state index in [1.165, 1.54) is 0 Å². The highest BCUT2D eigenvalue weighted by atomic mass is 16.1. The Morgan fingerprint density at radius 3 is 2.26 bits per heavy atom. The highest BCUT2D eigenvalue weighted by Gasteiger charge is 2.35. The Kier molecular flexibility index (Phi) is 5.02. The number of rotatable bonds is 5. The van der Waals surface area contributed by atoms with Gasteiger partial charge >= 0.3 is 0 Å². The van der Waals surface area contributed by atoms with E-state index >= 15 is 0 Å². The van der Waals surface area contributed by atoms with Crippen molar-refractivity contribution < 1.29 is 9.59 Å². The fourth-order valence-corrected chi connectivity index (χ4v) is 3.57. The standard InChI is InChI=1S/C21H22O2/c22-19-14-8-7-13-18(19)21(17-11-5-2-6-12-17)20(23)15-16-9-3-1-4-10-16/h1-6,9-12,18,21H,7-8,13-15H2. The summed E-state index contributed by atoms with van der Waals surface area (Å²) in [5.74, 6) is -0.0410. The minimum atomic E-state index is -0.302. The molecule has 2 nitrogen and oxygen atoms in total. The molecule has 1 aliphatic carbocycles. The Bertz CT molecular complexity index is 661. The first-order valence-corrected chi connectivity index (χ1v) is 8.40. The summed E-state index contributed by atoms with van der Waals surface area (Å²) in [6.45, 7) is 0. The Morgan fingerprint density at radius 1 is 0.957 bits per heavy atom. The molecule has 1 aliphatic rings. The van der Waals surface area contributed by atoms with E-state index in [4.69, 9.17) is 0 Å². The van der Waals surface area contributed by atoms with Crippen LogP contribution in [-0.4, -0.2) is 11.6 Å². The first-order chi connectivity index (χ1) is 11.3. The van der Waals surface area contributed by atoms with Gasteiger partial charge in [0.05, 0.1) is 5.92 Å². The molecule has 0 N–H and O–H groups in total. The van der Waals surface area contributed by atoms with Crippen LogP contribution in [-0.2, 0) is 16.0 Å². The summed E-state index contributed by atoms with van der Waals surface area (Å²) < 4.78 is 0. The molecule has 2 heteroatoms. The van der Waals surface area contributed by atoms with Crippen molar-refractivity contribution in [1.82, 2.24) is 0 Å². The summed E-state index contributed by atoms with van der Waals surface area (Å²) in [5.41, 5.74) is 2.00. The fraction of sp³-hybridized carbons (Fsp3) is 0.333. The monoisotopic (exact) mass is 306 g/mol. The SMILES string of the molecule is O=C1CCCCC1C(C(=O)Cc1ccccc1)c1ccccc1. The zero-order chi connectivity index (χ0) is 16.1. The van der Waals surface area contributed by atoms with Gasteiger partial charge in [0.1, 0.15) is 11.6 Å². The molecule has 0 aromatic heterocycles. The van der Waals surface area contributed by atoms with Gasteiger partial charge in [0.25, 0.3) is 0 Å². The number of Topliss-reactive ketones (excluding diaryl/α,β-unsaturated/α-hetero) is 2. The minimum absolute atomic E-state index is 0.151. The molecule has 2 unspecified atom stereocenters. The Balaban J connectivity index is 1.88. The van der Waals surface area contributed by atoms with Gasteiger partial charge in [0.2, 0.25) is 0 Å². The molecule has 1 saturated carbocycles. The fourth-order valence-electron chi connectivity index (χ4n) is 3.57. The van der Waals surface area contributed by atoms with E-state index < -0.39 is 0 Å². The van der Waals surface area contributed by atoms with Crippen molar-refractivity contribution in [2.45, 2.75) is 38.0 Å². The van der Waals surface area contributed by atoms with Crippen molar-refractivity contribution in [3.05, 3.63) is 71.8 Å². The maximum absolute atomic E-state index is 13.0. The summed E-state index contributed by atoms with van der Waals surface area (Å²) in [4.78, 5) is 25.4. The molecule has 118 valence electrons. The molecular weight excluding hydrogens is 284 g/mol. The van der Waals surface area contributed by atoms with Gasteiger partial charge in [-0.3, -0.25) is 9.59 Å². The van der Waals surface area contributed by atoms with Crippen molar-refractivity contribution in [2.75, 3.05) is 0 Å². The van der Waals surface area contributed by atoms with E-state index in [-0.39, 0.29) is 23.4 Å². The Labute approximate surface area is 137 Å². The molecule has 0 bridgehead atoms. The molecule has 0 spiro atoms. The van der Waals surface area contributed by atoms with Gasteiger partial charge in [-0.05, 0) is 24.0 Å². The van der Waals surface area contributed by atoms with Crippen molar-refractivity contribution in [3.63, 3.8) is 0 Å². The molecule has 0 saturated heterocycles. The third-order valence-corrected chi connectivity index (χ3v) is 4.73. The van der Waals surface area contributed by atoms with E-state index in [0.717, 1.165) is 30.4 Å². The van der Waals surface area contributed by atoms with Crippen LogP contribution in [0.5, 0.6) is 0 Å². The van der Waals surface area contributed by atoms with E-state index in [9.17, 15) is 9.59 Å². The lowest BCUT2D eigenvalue weighted by atomic mass is 9.73. The zero-order valence-electron chi connectivity index (χ0n) is 13.3. The number of carbonyl (C=O) groups excluding carboxylic acids is 2. The van der Waals surface area contributed by atoms with Crippen LogP contribution in [0.3, 0.4) is 0 Å². The summed E-state index contributed by atoms with van der Waals surface area (Å²) in [6, 6.07) is 19.6. The van der Waals surface area contributed by atoms with Crippen LogP contribution in [0.25, 0.3) is 0 Å². The van der Waals surface area contributed by atoms with Crippen molar-refractivity contribution in [3.8, 4) is 0 Å². The lowest BCUT2D eigenvalue weighted by Crippen LogP contribution is -2.31. The van der Waals surface area contributed by atoms with Gasteiger partial charge in [-0.25, -0.2) is 0 Å². The Hall–Kier alpha value is -2.22. The molecule has 1 fully saturated rings. The molecule has 3 rings (SSSR count). The van der Waals surface area contributed by atoms with E-state index in [0.29, 0.717) is 12.8 Å². The summed E-state index contributed by atoms with van der Waals surface area (Å²) in [7, 11) is 0. The highest BCUT2D eigenvalue weighted by molar-refractivity contribution is 5.94. The predicted octanol–water partition coefficient (Wildman–Crippen LogP) is 4.34. The second-order valence-electron chi connectivity index (χ2n) is 6.34. The number of hydrogen-bond donors (Lipinski definition) is 0. The van der Waals surface area contributed by atoms with Gasteiger partial charge in [0, 0.05) is 18.8 Å². The lowest BCUT2D eigenvalue weighted by molar-refractivity contribution is -0.130. The quantitative estimate of drug-likeness (QED) is 0.823. The molecule has 2 aromatic rings. The van der Waals surface area contributed by atoms with Crippen LogP contribution in [0, 0.1) is 5.92 Å². The number of benzene rings is 2. The van der Waals surface area contributed by atoms with Gasteiger partial charge in [-0.1, -0.05) is 67.1 Å². The number of hydrogen-bond acceptors (Lipinski definition) is 2. The average Bonchev–Trinajstić information content (AvgIpc) is 2.59. The first kappa shape index (κ1) is 15.7. The molecule has 2 atom stereocenters. The zero-order valence-corrected chi connectivity index (χ0v) is 13.3. The second kappa shape index (κ2) is 7.36. The first-order valence-electron chi connectivity index (χ1n) is 8.40. The molecule has 0 amide bonds. The maximum Gasteiger partial charge on any atom is 0.145 e. The van der Waals surface area contributed by atoms with Crippen LogP contribution in [0.2, 0.25) is 0 Å². The molecule has 23 heavy (non-hydrogen) atoms. The minimum Gasteiger partial charge on any atom is -0.299 e. The number of ketones is 2.